The molecule has 200 valence electrons. The van der Waals surface area contributed by atoms with E-state index in [9.17, 15) is 0 Å². The second-order valence-electron chi connectivity index (χ2n) is 7.49. The van der Waals surface area contributed by atoms with Crippen molar-refractivity contribution in [3.63, 3.8) is 0 Å². The number of rotatable bonds is 2. The van der Waals surface area contributed by atoms with E-state index in [0.717, 1.165) is 23.3 Å². The number of nitrogens with one attached hydrogen (secondary N) is 1. The lowest BCUT2D eigenvalue weighted by Crippen LogP contribution is -2.36. The van der Waals surface area contributed by atoms with Crippen molar-refractivity contribution in [2.24, 2.45) is 4.99 Å². The maximum atomic E-state index is 8.44. The van der Waals surface area contributed by atoms with Gasteiger partial charge in [0.2, 0.25) is 12.1 Å². The predicted octanol–water partition coefficient (Wildman–Crippen LogP) is 0.565. The second kappa shape index (κ2) is 21.1. The number of carboxylic acid groups (broad SMARTS) is 2. The topological polar surface area (TPSA) is 163 Å². The van der Waals surface area contributed by atoms with Gasteiger partial charge in [0.25, 0.3) is 0 Å². The molecule has 4 N–H and O–H groups in total. The quantitative estimate of drug-likeness (QED) is 0.337. The van der Waals surface area contributed by atoms with E-state index in [2.05, 4.69) is 10.3 Å². The van der Waals surface area contributed by atoms with Crippen LogP contribution in [0.25, 0.3) is 0 Å². The third-order valence-electron chi connectivity index (χ3n) is 3.66. The summed E-state index contributed by atoms with van der Waals surface area (Å²) < 4.78 is 2.05. The van der Waals surface area contributed by atoms with Gasteiger partial charge < -0.3 is 30.3 Å². The number of benzene rings is 2. The van der Waals surface area contributed by atoms with Crippen LogP contribution < -0.4 is 10.4 Å². The zero-order valence-electron chi connectivity index (χ0n) is 22.1. The fourth-order valence-corrected chi connectivity index (χ4v) is 2.49. The molecule has 0 saturated carbocycles. The minimum absolute atomic E-state index is 0. The predicted molar refractivity (Wildman–Crippen MR) is 138 cm³/mol. The van der Waals surface area contributed by atoms with Gasteiger partial charge in [-0.1, -0.05) is 36.4 Å². The van der Waals surface area contributed by atoms with Gasteiger partial charge in [-0.15, -0.1) is 0 Å². The highest BCUT2D eigenvalue weighted by atomic mass is 16.6. The summed E-state index contributed by atoms with van der Waals surface area (Å²) in [6.07, 6.45) is -1.83. The number of hydrogen-bond donors (Lipinski definition) is 2. The highest BCUT2D eigenvalue weighted by Gasteiger charge is 2.10. The molecule has 0 aliphatic rings. The molecule has 0 spiro atoms. The Balaban J connectivity index is -0.000000471. The van der Waals surface area contributed by atoms with Crippen molar-refractivity contribution in [2.75, 3.05) is 61.7 Å². The smallest absolute Gasteiger partial charge is 0.373 e. The molecule has 0 amide bonds. The molecule has 0 aliphatic carbocycles. The summed E-state index contributed by atoms with van der Waals surface area (Å²) >= 11 is 0. The Morgan fingerprint density at radius 2 is 1.22 bits per heavy atom. The molecule has 0 unspecified atom stereocenters. The van der Waals surface area contributed by atoms with E-state index < -0.39 is 6.16 Å². The molecule has 0 atom stereocenters. The lowest BCUT2D eigenvalue weighted by atomic mass is 10.3. The first-order valence-electron chi connectivity index (χ1n) is 10.3. The minimum atomic E-state index is -2.08. The molecule has 0 aliphatic heterocycles. The summed E-state index contributed by atoms with van der Waals surface area (Å²) in [5.74, 6) is 2.01. The van der Waals surface area contributed by atoms with Crippen molar-refractivity contribution in [1.82, 2.24) is 14.7 Å². The minimum Gasteiger partial charge on any atom is -0.565 e. The fourth-order valence-electron chi connectivity index (χ4n) is 2.49. The molecule has 36 heavy (non-hydrogen) atoms. The van der Waals surface area contributed by atoms with Gasteiger partial charge in [0.15, 0.2) is 0 Å². The van der Waals surface area contributed by atoms with Crippen LogP contribution in [0.5, 0.6) is 0 Å². The molecule has 0 radical (unpaired) electrons. The number of aliphatic imine (C=N–C) groups is 1. The van der Waals surface area contributed by atoms with Crippen molar-refractivity contribution in [3.05, 3.63) is 60.7 Å². The SMILES string of the molecule is CN(C)C(=Nc1ccccc1)N(C)C.CN(C)C(Nc1ccccc1)=[N+](C)C.O.O=C([O-])O.O=C=O. The van der Waals surface area contributed by atoms with E-state index in [-0.39, 0.29) is 11.6 Å². The van der Waals surface area contributed by atoms with Gasteiger partial charge in [0, 0.05) is 28.2 Å². The number of carbonyl (C=O) groups excluding carboxylic acids is 2. The normalized spacial score (nSPS) is 8.22. The van der Waals surface area contributed by atoms with E-state index in [1.54, 1.807) is 0 Å². The fraction of sp³-hybridized carbons (Fsp3) is 0.333. The van der Waals surface area contributed by atoms with Gasteiger partial charge in [-0.3, -0.25) is 9.48 Å². The molecule has 0 heterocycles. The molecular formula is C24H38N6O6. The van der Waals surface area contributed by atoms with Gasteiger partial charge in [-0.25, -0.2) is 10.3 Å². The van der Waals surface area contributed by atoms with Crippen LogP contribution in [-0.4, -0.2) is 110 Å². The summed E-state index contributed by atoms with van der Waals surface area (Å²) in [7, 11) is 16.0. The Morgan fingerprint density at radius 3 is 1.53 bits per heavy atom. The molecule has 0 fully saturated rings. The van der Waals surface area contributed by atoms with E-state index >= 15 is 0 Å². The molecular weight excluding hydrogens is 468 g/mol. The zero-order valence-corrected chi connectivity index (χ0v) is 22.1. The highest BCUT2D eigenvalue weighted by Crippen LogP contribution is 2.11. The lowest BCUT2D eigenvalue weighted by molar-refractivity contribution is -0.469. The van der Waals surface area contributed by atoms with Crippen LogP contribution in [0.15, 0.2) is 65.7 Å². The molecule has 0 bridgehead atoms. The van der Waals surface area contributed by atoms with Crippen LogP contribution >= 0.6 is 0 Å². The van der Waals surface area contributed by atoms with Crippen molar-refractivity contribution >= 4 is 35.6 Å². The van der Waals surface area contributed by atoms with E-state index in [1.165, 1.54) is 0 Å². The van der Waals surface area contributed by atoms with Crippen LogP contribution in [0, 0.1) is 0 Å². The first-order valence-corrected chi connectivity index (χ1v) is 10.3. The van der Waals surface area contributed by atoms with Crippen LogP contribution in [0.4, 0.5) is 16.2 Å². The number of para-hydroxylation sites is 2. The van der Waals surface area contributed by atoms with Crippen LogP contribution in [-0.2, 0) is 9.59 Å². The van der Waals surface area contributed by atoms with Crippen LogP contribution in [0.3, 0.4) is 0 Å². The monoisotopic (exact) mass is 506 g/mol. The second-order valence-corrected chi connectivity index (χ2v) is 7.49. The summed E-state index contributed by atoms with van der Waals surface area (Å²) in [5, 5.41) is 18.7. The van der Waals surface area contributed by atoms with Gasteiger partial charge >= 0.3 is 12.1 Å². The van der Waals surface area contributed by atoms with Crippen molar-refractivity contribution in [1.29, 1.82) is 0 Å². The van der Waals surface area contributed by atoms with Gasteiger partial charge in [-0.05, 0) is 24.3 Å². The van der Waals surface area contributed by atoms with Crippen molar-refractivity contribution in [2.45, 2.75) is 0 Å². The number of carbonyl (C=O) groups is 1. The maximum Gasteiger partial charge on any atom is 0.373 e. The highest BCUT2D eigenvalue weighted by molar-refractivity contribution is 5.89. The third kappa shape index (κ3) is 19.1. The largest absolute Gasteiger partial charge is 0.565 e. The Labute approximate surface area is 212 Å². The zero-order chi connectivity index (χ0) is 27.4. The summed E-state index contributed by atoms with van der Waals surface area (Å²) in [6, 6.07) is 20.1. The molecule has 2 rings (SSSR count). The average Bonchev–Trinajstić information content (AvgIpc) is 2.77. The Bertz CT molecular complexity index is 924. The number of nitrogens with zero attached hydrogens (tertiary/aromatic N) is 5. The molecule has 0 aromatic heterocycles. The molecule has 2 aromatic rings. The van der Waals surface area contributed by atoms with Crippen molar-refractivity contribution < 1.29 is 34.6 Å². The number of hydrogen-bond acceptors (Lipinski definition) is 5. The van der Waals surface area contributed by atoms with Crippen LogP contribution in [0.1, 0.15) is 0 Å². The maximum absolute atomic E-state index is 8.44. The van der Waals surface area contributed by atoms with Gasteiger partial charge in [0.1, 0.15) is 0 Å². The van der Waals surface area contributed by atoms with E-state index in [4.69, 9.17) is 24.6 Å². The third-order valence-corrected chi connectivity index (χ3v) is 3.66. The van der Waals surface area contributed by atoms with Gasteiger partial charge in [0.05, 0.1) is 39.6 Å². The molecule has 2 aromatic carbocycles. The standard InChI is InChI=1S/2C11H17N3.CH2O3.CO2.H2O/c2*1-13(2)11(14(3)4)12-10-8-6-5-7-9-10;2-1(3)4;2-1-3;/h2*5-9H,1-4H3;(H2,2,3,4);;1H2. The van der Waals surface area contributed by atoms with Crippen molar-refractivity contribution in [3.8, 4) is 0 Å². The summed E-state index contributed by atoms with van der Waals surface area (Å²) in [6.45, 7) is 0. The Kier molecular flexibility index (Phi) is 21.2. The molecule has 12 heteroatoms. The first kappa shape index (κ1) is 36.2. The van der Waals surface area contributed by atoms with Gasteiger partial charge in [-0.2, -0.15) is 9.59 Å². The molecule has 0 saturated heterocycles. The Morgan fingerprint density at radius 1 is 0.861 bits per heavy atom. The number of anilines is 1. The van der Waals surface area contributed by atoms with E-state index in [0.29, 0.717) is 0 Å². The van der Waals surface area contributed by atoms with Crippen LogP contribution in [0.2, 0.25) is 0 Å². The first-order chi connectivity index (χ1) is 16.4. The average molecular weight is 507 g/mol. The number of guanidine groups is 2. The molecule has 12 nitrogen and oxygen atoms in total. The van der Waals surface area contributed by atoms with E-state index in [1.807, 2.05) is 136 Å². The summed E-state index contributed by atoms with van der Waals surface area (Å²) in [5.41, 5.74) is 2.08. The Hall–Kier alpha value is -4.41. The summed E-state index contributed by atoms with van der Waals surface area (Å²) in [4.78, 5) is 35.3. The lowest BCUT2D eigenvalue weighted by Gasteiger charge is -2.22.